The van der Waals surface area contributed by atoms with Crippen LogP contribution in [0.2, 0.25) is 0 Å². The predicted octanol–water partition coefficient (Wildman–Crippen LogP) is 4.55. The zero-order valence-corrected chi connectivity index (χ0v) is 13.4. The molecule has 0 spiro atoms. The molecule has 0 aliphatic heterocycles. The lowest BCUT2D eigenvalue weighted by molar-refractivity contribution is 0.0571. The summed E-state index contributed by atoms with van der Waals surface area (Å²) in [7, 11) is 0. The van der Waals surface area contributed by atoms with E-state index in [0.29, 0.717) is 5.56 Å². The smallest absolute Gasteiger partial charge is 0.255 e. The van der Waals surface area contributed by atoms with Crippen molar-refractivity contribution in [3.05, 3.63) is 46.4 Å². The van der Waals surface area contributed by atoms with Gasteiger partial charge in [-0.15, -0.1) is 11.6 Å². The molecule has 0 bridgehead atoms. The van der Waals surface area contributed by atoms with Crippen LogP contribution in [0.1, 0.15) is 10.4 Å². The van der Waals surface area contributed by atoms with Crippen molar-refractivity contribution < 1.29 is 13.6 Å². The molecule has 6 heteroatoms. The van der Waals surface area contributed by atoms with Crippen molar-refractivity contribution in [3.8, 4) is 0 Å². The fourth-order valence-corrected chi connectivity index (χ4v) is 2.66. The van der Waals surface area contributed by atoms with E-state index in [1.165, 1.54) is 0 Å². The summed E-state index contributed by atoms with van der Waals surface area (Å²) in [6, 6.07) is 10.8. The first kappa shape index (κ1) is 16.2. The maximum absolute atomic E-state index is 12.5. The van der Waals surface area contributed by atoms with Crippen molar-refractivity contribution in [1.82, 2.24) is 4.90 Å². The molecule has 2 rings (SSSR count). The zero-order valence-electron chi connectivity index (χ0n) is 11.0. The maximum atomic E-state index is 12.5. The van der Waals surface area contributed by atoms with E-state index in [1.807, 2.05) is 18.2 Å². The number of carbonyl (C=O) groups is 1. The fraction of sp³-hybridized carbons (Fsp3) is 0.267. The highest BCUT2D eigenvalue weighted by atomic mass is 79.9. The predicted molar refractivity (Wildman–Crippen MR) is 84.3 cm³/mol. The Morgan fingerprint density at radius 2 is 1.86 bits per heavy atom. The van der Waals surface area contributed by atoms with Crippen LogP contribution in [-0.4, -0.2) is 36.2 Å². The molecule has 112 valence electrons. The van der Waals surface area contributed by atoms with Gasteiger partial charge in [0, 0.05) is 22.5 Å². The number of amides is 1. The van der Waals surface area contributed by atoms with Crippen molar-refractivity contribution in [2.45, 2.75) is 6.43 Å². The van der Waals surface area contributed by atoms with E-state index >= 15 is 0 Å². The third kappa shape index (κ3) is 4.14. The van der Waals surface area contributed by atoms with Crippen molar-refractivity contribution >= 4 is 44.2 Å². The SMILES string of the molecule is O=C(c1ccc2cc(Br)ccc2c1)N(CCCl)CC(F)F. The van der Waals surface area contributed by atoms with Crippen LogP contribution in [0.4, 0.5) is 8.78 Å². The van der Waals surface area contributed by atoms with Crippen molar-refractivity contribution in [2.24, 2.45) is 0 Å². The van der Waals surface area contributed by atoms with Gasteiger partial charge in [0.1, 0.15) is 0 Å². The third-order valence-corrected chi connectivity index (χ3v) is 3.71. The summed E-state index contributed by atoms with van der Waals surface area (Å²) < 4.78 is 26.0. The van der Waals surface area contributed by atoms with Crippen LogP contribution in [-0.2, 0) is 0 Å². The minimum atomic E-state index is -2.58. The number of nitrogens with zero attached hydrogens (tertiary/aromatic N) is 1. The van der Waals surface area contributed by atoms with E-state index in [0.717, 1.165) is 20.1 Å². The van der Waals surface area contributed by atoms with E-state index in [9.17, 15) is 13.6 Å². The lowest BCUT2D eigenvalue weighted by Crippen LogP contribution is -2.36. The van der Waals surface area contributed by atoms with E-state index < -0.39 is 18.9 Å². The van der Waals surface area contributed by atoms with Crippen LogP contribution in [0.25, 0.3) is 10.8 Å². The Labute approximate surface area is 134 Å². The normalized spacial score (nSPS) is 11.1. The Morgan fingerprint density at radius 3 is 2.52 bits per heavy atom. The molecule has 21 heavy (non-hydrogen) atoms. The Balaban J connectivity index is 2.30. The van der Waals surface area contributed by atoms with Crippen LogP contribution >= 0.6 is 27.5 Å². The molecule has 0 fully saturated rings. The summed E-state index contributed by atoms with van der Waals surface area (Å²) in [5.41, 5.74) is 0.385. The first-order valence-electron chi connectivity index (χ1n) is 6.34. The quantitative estimate of drug-likeness (QED) is 0.701. The van der Waals surface area contributed by atoms with Gasteiger partial charge in [0.25, 0.3) is 12.3 Å². The molecular weight excluding hydrogens is 364 g/mol. The van der Waals surface area contributed by atoms with Crippen LogP contribution in [0.5, 0.6) is 0 Å². The highest BCUT2D eigenvalue weighted by Gasteiger charge is 2.19. The molecule has 2 aromatic carbocycles. The lowest BCUT2D eigenvalue weighted by Gasteiger charge is -2.21. The average molecular weight is 377 g/mol. The fourth-order valence-electron chi connectivity index (χ4n) is 2.08. The Bertz CT molecular complexity index is 651. The highest BCUT2D eigenvalue weighted by Crippen LogP contribution is 2.21. The summed E-state index contributed by atoms with van der Waals surface area (Å²) in [5, 5.41) is 1.85. The maximum Gasteiger partial charge on any atom is 0.255 e. The minimum absolute atomic E-state index is 0.100. The number of hydrogen-bond donors (Lipinski definition) is 0. The van der Waals surface area contributed by atoms with Gasteiger partial charge in [-0.3, -0.25) is 4.79 Å². The molecule has 0 radical (unpaired) electrons. The number of halogens is 4. The number of benzene rings is 2. The molecule has 0 heterocycles. The summed E-state index contributed by atoms with van der Waals surface area (Å²) >= 11 is 8.96. The molecular formula is C15H13BrClF2NO. The van der Waals surface area contributed by atoms with E-state index in [2.05, 4.69) is 15.9 Å². The van der Waals surface area contributed by atoms with E-state index in [1.54, 1.807) is 18.2 Å². The van der Waals surface area contributed by atoms with E-state index in [4.69, 9.17) is 11.6 Å². The summed E-state index contributed by atoms with van der Waals surface area (Å²) in [6.07, 6.45) is -2.58. The lowest BCUT2D eigenvalue weighted by atomic mass is 10.1. The number of fused-ring (bicyclic) bond motifs is 1. The van der Waals surface area contributed by atoms with Gasteiger partial charge in [-0.1, -0.05) is 28.1 Å². The zero-order chi connectivity index (χ0) is 15.4. The molecule has 1 amide bonds. The Kier molecular flexibility index (Phi) is 5.53. The van der Waals surface area contributed by atoms with Crippen molar-refractivity contribution in [3.63, 3.8) is 0 Å². The molecule has 0 unspecified atom stereocenters. The summed E-state index contributed by atoms with van der Waals surface area (Å²) in [5.74, 6) is -0.306. The van der Waals surface area contributed by atoms with Gasteiger partial charge < -0.3 is 4.90 Å². The molecule has 0 saturated carbocycles. The van der Waals surface area contributed by atoms with Crippen LogP contribution < -0.4 is 0 Å². The molecule has 0 aliphatic rings. The number of hydrogen-bond acceptors (Lipinski definition) is 1. The van der Waals surface area contributed by atoms with Gasteiger partial charge in [0.05, 0.1) is 6.54 Å². The van der Waals surface area contributed by atoms with Crippen LogP contribution in [0.3, 0.4) is 0 Å². The average Bonchev–Trinajstić information content (AvgIpc) is 2.45. The second-order valence-electron chi connectivity index (χ2n) is 4.54. The molecule has 2 aromatic rings. The number of rotatable bonds is 5. The topological polar surface area (TPSA) is 20.3 Å². The van der Waals surface area contributed by atoms with E-state index in [-0.39, 0.29) is 12.4 Å². The standard InChI is InChI=1S/C15H13BrClF2NO/c16-13-4-3-10-7-12(2-1-11(10)8-13)15(21)20(6-5-17)9-14(18)19/h1-4,7-8,14H,5-6,9H2. The summed E-state index contributed by atoms with van der Waals surface area (Å²) in [6.45, 7) is -0.507. The molecule has 0 saturated heterocycles. The van der Waals surface area contributed by atoms with Gasteiger partial charge in [0.15, 0.2) is 0 Å². The summed E-state index contributed by atoms with van der Waals surface area (Å²) in [4.78, 5) is 13.4. The molecule has 0 aromatic heterocycles. The number of alkyl halides is 3. The molecule has 0 N–H and O–H groups in total. The van der Waals surface area contributed by atoms with Gasteiger partial charge in [-0.2, -0.15) is 0 Å². The van der Waals surface area contributed by atoms with Gasteiger partial charge in [0.2, 0.25) is 0 Å². The van der Waals surface area contributed by atoms with Gasteiger partial charge >= 0.3 is 0 Å². The monoisotopic (exact) mass is 375 g/mol. The Hall–Kier alpha value is -1.20. The second kappa shape index (κ2) is 7.18. The van der Waals surface area contributed by atoms with Crippen molar-refractivity contribution in [1.29, 1.82) is 0 Å². The van der Waals surface area contributed by atoms with Gasteiger partial charge in [-0.25, -0.2) is 8.78 Å². The first-order chi connectivity index (χ1) is 10.0. The van der Waals surface area contributed by atoms with Crippen LogP contribution in [0.15, 0.2) is 40.9 Å². The number of carbonyl (C=O) groups excluding carboxylic acids is 1. The first-order valence-corrected chi connectivity index (χ1v) is 7.66. The minimum Gasteiger partial charge on any atom is -0.332 e. The second-order valence-corrected chi connectivity index (χ2v) is 5.83. The van der Waals surface area contributed by atoms with Gasteiger partial charge in [-0.05, 0) is 35.0 Å². The molecule has 2 nitrogen and oxygen atoms in total. The molecule has 0 atom stereocenters. The Morgan fingerprint density at radius 1 is 1.19 bits per heavy atom. The van der Waals surface area contributed by atoms with Crippen molar-refractivity contribution in [2.75, 3.05) is 19.0 Å². The molecule has 0 aliphatic carbocycles. The third-order valence-electron chi connectivity index (χ3n) is 3.05. The largest absolute Gasteiger partial charge is 0.332 e. The van der Waals surface area contributed by atoms with Crippen LogP contribution in [0, 0.1) is 0 Å². The highest BCUT2D eigenvalue weighted by molar-refractivity contribution is 9.10.